The number of ketones is 1. The van der Waals surface area contributed by atoms with Gasteiger partial charge in [-0.3, -0.25) is 4.79 Å². The van der Waals surface area contributed by atoms with E-state index in [-0.39, 0.29) is 19.0 Å². The summed E-state index contributed by atoms with van der Waals surface area (Å²) in [6.07, 6.45) is 4.94. The Labute approximate surface area is 177 Å². The Bertz CT molecular complexity index is 832. The minimum Gasteiger partial charge on any atom is -0.490 e. The van der Waals surface area contributed by atoms with Crippen LogP contribution in [0.25, 0.3) is 0 Å². The van der Waals surface area contributed by atoms with Crippen LogP contribution in [0.5, 0.6) is 5.75 Å². The lowest BCUT2D eigenvalue weighted by Gasteiger charge is -2.21. The fourth-order valence-electron chi connectivity index (χ4n) is 4.22. The summed E-state index contributed by atoms with van der Waals surface area (Å²) in [7, 11) is 0. The highest BCUT2D eigenvalue weighted by molar-refractivity contribution is 7.12. The van der Waals surface area contributed by atoms with Gasteiger partial charge in [0.05, 0.1) is 11.5 Å². The summed E-state index contributed by atoms with van der Waals surface area (Å²) in [4.78, 5) is 13.9. The first kappa shape index (κ1) is 22.0. The van der Waals surface area contributed by atoms with Crippen LogP contribution in [0.4, 0.5) is 0 Å². The lowest BCUT2D eigenvalue weighted by Crippen LogP contribution is -2.21. The molecular formula is C24H32O4S. The quantitative estimate of drug-likeness (QED) is 0.594. The zero-order chi connectivity index (χ0) is 21.0. The summed E-state index contributed by atoms with van der Waals surface area (Å²) in [5, 5.41) is 20.6. The van der Waals surface area contributed by atoms with Gasteiger partial charge in [0.15, 0.2) is 5.78 Å². The van der Waals surface area contributed by atoms with Gasteiger partial charge >= 0.3 is 0 Å². The molecule has 0 saturated heterocycles. The lowest BCUT2D eigenvalue weighted by molar-refractivity contribution is 0.0531. The molecule has 1 aliphatic carbocycles. The number of hydrogen-bond donors (Lipinski definition) is 2. The largest absolute Gasteiger partial charge is 0.490 e. The fourth-order valence-corrected chi connectivity index (χ4v) is 5.33. The minimum atomic E-state index is -0.879. The molecule has 5 heteroatoms. The molecule has 0 amide bonds. The van der Waals surface area contributed by atoms with E-state index in [1.54, 1.807) is 11.3 Å². The molecule has 2 N–H and O–H groups in total. The maximum absolute atomic E-state index is 12.9. The van der Waals surface area contributed by atoms with Crippen LogP contribution in [0.15, 0.2) is 17.5 Å². The molecule has 0 spiro atoms. The number of rotatable bonds is 9. The van der Waals surface area contributed by atoms with E-state index in [1.165, 1.54) is 24.0 Å². The van der Waals surface area contributed by atoms with Gasteiger partial charge in [0.25, 0.3) is 0 Å². The third kappa shape index (κ3) is 5.27. The standard InChI is InChI=1S/C24H32O4S/c1-4-17-5-7-21-19(11-17)14-29-24(21)22(27)8-6-18-9-15(2)23(16(3)10-18)28-13-20(26)12-25/h9-10,14,17,20,25-26H,4-8,11-13H2,1-3H3/t17?,20-/m1/s1. The smallest absolute Gasteiger partial charge is 0.173 e. The molecular weight excluding hydrogens is 384 g/mol. The number of fused-ring (bicyclic) bond motifs is 1. The maximum atomic E-state index is 12.9. The topological polar surface area (TPSA) is 66.8 Å². The van der Waals surface area contributed by atoms with Gasteiger partial charge in [-0.1, -0.05) is 25.5 Å². The Morgan fingerprint density at radius 1 is 1.31 bits per heavy atom. The van der Waals surface area contributed by atoms with Gasteiger partial charge < -0.3 is 14.9 Å². The molecule has 1 aliphatic rings. The summed E-state index contributed by atoms with van der Waals surface area (Å²) >= 11 is 1.63. The van der Waals surface area contributed by atoms with Crippen molar-refractivity contribution in [2.45, 2.75) is 65.4 Å². The van der Waals surface area contributed by atoms with Gasteiger partial charge in [-0.15, -0.1) is 11.3 Å². The molecule has 29 heavy (non-hydrogen) atoms. The van der Waals surface area contributed by atoms with Crippen molar-refractivity contribution < 1.29 is 19.7 Å². The first-order chi connectivity index (χ1) is 13.9. The molecule has 1 aromatic heterocycles. The molecule has 3 rings (SSSR count). The van der Waals surface area contributed by atoms with E-state index >= 15 is 0 Å². The van der Waals surface area contributed by atoms with Gasteiger partial charge in [0, 0.05) is 6.42 Å². The zero-order valence-corrected chi connectivity index (χ0v) is 18.5. The van der Waals surface area contributed by atoms with Crippen molar-refractivity contribution in [3.8, 4) is 5.75 Å². The summed E-state index contributed by atoms with van der Waals surface area (Å²) in [5.74, 6) is 1.77. The molecule has 0 radical (unpaired) electrons. The van der Waals surface area contributed by atoms with Crippen LogP contribution < -0.4 is 4.74 Å². The Hall–Kier alpha value is -1.69. The zero-order valence-electron chi connectivity index (χ0n) is 17.7. The predicted molar refractivity (Wildman–Crippen MR) is 117 cm³/mol. The number of thiophene rings is 1. The van der Waals surface area contributed by atoms with Crippen molar-refractivity contribution in [1.29, 1.82) is 0 Å². The molecule has 0 aliphatic heterocycles. The molecule has 158 valence electrons. The van der Waals surface area contributed by atoms with Gasteiger partial charge in [-0.2, -0.15) is 0 Å². The molecule has 2 aromatic rings. The van der Waals surface area contributed by atoms with Crippen molar-refractivity contribution in [2.24, 2.45) is 5.92 Å². The van der Waals surface area contributed by atoms with Crippen molar-refractivity contribution in [2.75, 3.05) is 13.2 Å². The van der Waals surface area contributed by atoms with E-state index < -0.39 is 6.10 Å². The highest BCUT2D eigenvalue weighted by Gasteiger charge is 2.24. The Balaban J connectivity index is 1.63. The second-order valence-corrected chi connectivity index (χ2v) is 9.09. The monoisotopic (exact) mass is 416 g/mol. The van der Waals surface area contributed by atoms with Crippen LogP contribution in [0.2, 0.25) is 0 Å². The molecule has 0 fully saturated rings. The number of aryl methyl sites for hydroxylation is 3. The summed E-state index contributed by atoms with van der Waals surface area (Å²) in [5.41, 5.74) is 5.80. The van der Waals surface area contributed by atoms with Gasteiger partial charge in [0.2, 0.25) is 0 Å². The first-order valence-corrected chi connectivity index (χ1v) is 11.4. The molecule has 0 saturated carbocycles. The molecule has 0 bridgehead atoms. The number of carbonyl (C=O) groups is 1. The van der Waals surface area contributed by atoms with E-state index in [2.05, 4.69) is 24.4 Å². The van der Waals surface area contributed by atoms with Crippen molar-refractivity contribution in [3.63, 3.8) is 0 Å². The van der Waals surface area contributed by atoms with E-state index in [4.69, 9.17) is 9.84 Å². The number of aliphatic hydroxyl groups excluding tert-OH is 2. The Morgan fingerprint density at radius 3 is 2.69 bits per heavy atom. The molecule has 1 unspecified atom stereocenters. The molecule has 2 atom stereocenters. The van der Waals surface area contributed by atoms with E-state index in [0.717, 1.165) is 46.1 Å². The molecule has 1 aromatic carbocycles. The fraction of sp³-hybridized carbons (Fsp3) is 0.542. The number of hydrogen-bond acceptors (Lipinski definition) is 5. The first-order valence-electron chi connectivity index (χ1n) is 10.6. The van der Waals surface area contributed by atoms with Crippen molar-refractivity contribution in [1.82, 2.24) is 0 Å². The second-order valence-electron chi connectivity index (χ2n) is 8.22. The number of carbonyl (C=O) groups excluding carboxylic acids is 1. The van der Waals surface area contributed by atoms with Gasteiger partial charge in [0.1, 0.15) is 18.5 Å². The maximum Gasteiger partial charge on any atom is 0.173 e. The summed E-state index contributed by atoms with van der Waals surface area (Å²) in [6, 6.07) is 4.10. The average Bonchev–Trinajstić information content (AvgIpc) is 3.14. The van der Waals surface area contributed by atoms with Gasteiger partial charge in [-0.25, -0.2) is 0 Å². The predicted octanol–water partition coefficient (Wildman–Crippen LogP) is 4.43. The normalized spacial score (nSPS) is 17.1. The Morgan fingerprint density at radius 2 is 2.03 bits per heavy atom. The van der Waals surface area contributed by atoms with Crippen LogP contribution in [0, 0.1) is 19.8 Å². The number of Topliss-reactive ketones (excluding diaryl/α,β-unsaturated/α-hetero) is 1. The highest BCUT2D eigenvalue weighted by atomic mass is 32.1. The SMILES string of the molecule is CCC1CCc2c(csc2C(=O)CCc2cc(C)c(OC[C@H](O)CO)c(C)c2)C1. The third-order valence-corrected chi connectivity index (χ3v) is 7.03. The Kier molecular flexibility index (Phi) is 7.49. The summed E-state index contributed by atoms with van der Waals surface area (Å²) in [6.45, 7) is 5.95. The second kappa shape index (κ2) is 9.88. The number of ether oxygens (including phenoxy) is 1. The highest BCUT2D eigenvalue weighted by Crippen LogP contribution is 2.34. The van der Waals surface area contributed by atoms with Crippen LogP contribution in [-0.2, 0) is 19.3 Å². The van der Waals surface area contributed by atoms with Crippen LogP contribution >= 0.6 is 11.3 Å². The van der Waals surface area contributed by atoms with Crippen LogP contribution in [-0.4, -0.2) is 35.3 Å². The minimum absolute atomic E-state index is 0.0678. The lowest BCUT2D eigenvalue weighted by atomic mass is 9.83. The van der Waals surface area contributed by atoms with Crippen LogP contribution in [0.1, 0.15) is 63.7 Å². The van der Waals surface area contributed by atoms with Gasteiger partial charge in [-0.05, 0) is 78.6 Å². The van der Waals surface area contributed by atoms with Crippen LogP contribution in [0.3, 0.4) is 0 Å². The van der Waals surface area contributed by atoms with Crippen molar-refractivity contribution in [3.05, 3.63) is 50.2 Å². The third-order valence-electron chi connectivity index (χ3n) is 5.91. The summed E-state index contributed by atoms with van der Waals surface area (Å²) < 4.78 is 5.66. The number of benzene rings is 1. The van der Waals surface area contributed by atoms with E-state index in [0.29, 0.717) is 12.8 Å². The van der Waals surface area contributed by atoms with E-state index in [1.807, 2.05) is 13.8 Å². The number of aliphatic hydroxyl groups is 2. The average molecular weight is 417 g/mol. The molecule has 1 heterocycles. The molecule has 4 nitrogen and oxygen atoms in total. The van der Waals surface area contributed by atoms with Crippen molar-refractivity contribution >= 4 is 17.1 Å². The van der Waals surface area contributed by atoms with E-state index in [9.17, 15) is 9.90 Å².